The van der Waals surface area contributed by atoms with Gasteiger partial charge in [0.15, 0.2) is 0 Å². The SMILES string of the molecule is CCN1CCN(C(=O)N[C@@H](C(=O)N[C@]2(OC)C(=O)N3C(C(=O)O)=C(COC(C)=O)CS[C@@H]32)c2ccc(N)cc2)C(=O)C1=O. The molecule has 0 radical (unpaired) electrons. The number of urea groups is 1. The van der Waals surface area contributed by atoms with E-state index in [9.17, 15) is 38.7 Å². The minimum Gasteiger partial charge on any atom is -0.477 e. The third-order valence-corrected chi connectivity index (χ3v) is 8.50. The fourth-order valence-electron chi connectivity index (χ4n) is 4.86. The topological polar surface area (TPSA) is 218 Å². The van der Waals surface area contributed by atoms with Crippen molar-refractivity contribution in [1.29, 1.82) is 0 Å². The first-order valence-corrected chi connectivity index (χ1v) is 14.1. The molecule has 17 heteroatoms. The average molecular weight is 619 g/mol. The Kier molecular flexibility index (Phi) is 8.96. The second-order valence-corrected chi connectivity index (χ2v) is 10.8. The maximum Gasteiger partial charge on any atom is 0.352 e. The molecule has 16 nitrogen and oxygen atoms in total. The van der Waals surface area contributed by atoms with Gasteiger partial charge in [0, 0.05) is 50.7 Å². The van der Waals surface area contributed by atoms with E-state index in [0.717, 1.165) is 30.7 Å². The lowest BCUT2D eigenvalue weighted by Crippen LogP contribution is -2.81. The Balaban J connectivity index is 1.60. The molecule has 3 aliphatic heterocycles. The molecule has 0 spiro atoms. The Hall–Kier alpha value is -4.64. The van der Waals surface area contributed by atoms with E-state index in [0.29, 0.717) is 10.6 Å². The van der Waals surface area contributed by atoms with Gasteiger partial charge in [-0.2, -0.15) is 0 Å². The first-order chi connectivity index (χ1) is 20.4. The van der Waals surface area contributed by atoms with Gasteiger partial charge in [-0.1, -0.05) is 12.1 Å². The van der Waals surface area contributed by atoms with Crippen LogP contribution in [0.25, 0.3) is 0 Å². The number of nitrogens with one attached hydrogen (secondary N) is 2. The Morgan fingerprint density at radius 3 is 2.40 bits per heavy atom. The summed E-state index contributed by atoms with van der Waals surface area (Å²) in [5, 5.41) is 13.8. The number of esters is 1. The molecule has 1 aromatic carbocycles. The van der Waals surface area contributed by atoms with Gasteiger partial charge in [0.25, 0.3) is 11.6 Å². The Morgan fingerprint density at radius 1 is 1.14 bits per heavy atom. The second-order valence-electron chi connectivity index (χ2n) is 9.70. The number of nitrogens with two attached hydrogens (primary N) is 1. The Labute approximate surface area is 249 Å². The molecule has 3 atom stereocenters. The van der Waals surface area contributed by atoms with Crippen molar-refractivity contribution in [3.05, 3.63) is 41.1 Å². The quantitative estimate of drug-likeness (QED) is 0.0860. The number of nitrogens with zero attached hydrogens (tertiary/aromatic N) is 3. The van der Waals surface area contributed by atoms with Crippen molar-refractivity contribution in [2.45, 2.75) is 31.0 Å². The number of likely N-dealkylation sites (N-methyl/N-ethyl adjacent to an activating group) is 1. The smallest absolute Gasteiger partial charge is 0.352 e. The molecule has 43 heavy (non-hydrogen) atoms. The lowest BCUT2D eigenvalue weighted by atomic mass is 9.96. The summed E-state index contributed by atoms with van der Waals surface area (Å²) in [5.41, 5.74) is 4.13. The lowest BCUT2D eigenvalue weighted by Gasteiger charge is -2.56. The zero-order valence-electron chi connectivity index (χ0n) is 23.4. The molecule has 0 bridgehead atoms. The van der Waals surface area contributed by atoms with Crippen LogP contribution >= 0.6 is 11.8 Å². The van der Waals surface area contributed by atoms with Crippen molar-refractivity contribution in [2.24, 2.45) is 0 Å². The van der Waals surface area contributed by atoms with E-state index in [1.54, 1.807) is 6.92 Å². The standard InChI is InChI=1S/C26H30N6O10S/c1-4-30-9-10-31(21(36)20(30)35)25(40)28-17(14-5-7-16(27)8-6-14)19(34)29-26(41-3)23(39)32-18(22(37)38)15(11-42-13(2)33)12-43-24(26)32/h5-8,17,24H,4,9-12,27H2,1-3H3,(H,28,40)(H,29,34)(H,37,38)/t17-,24-,26+/m1/s1. The van der Waals surface area contributed by atoms with Gasteiger partial charge >= 0.3 is 29.8 Å². The molecule has 2 fully saturated rings. The van der Waals surface area contributed by atoms with Crippen LogP contribution in [0.5, 0.6) is 0 Å². The molecular weight excluding hydrogens is 588 g/mol. The van der Waals surface area contributed by atoms with Crippen LogP contribution in [0, 0.1) is 0 Å². The number of piperazine rings is 1. The van der Waals surface area contributed by atoms with E-state index in [4.69, 9.17) is 15.2 Å². The monoisotopic (exact) mass is 618 g/mol. The van der Waals surface area contributed by atoms with E-state index in [2.05, 4.69) is 10.6 Å². The van der Waals surface area contributed by atoms with Gasteiger partial charge in [-0.3, -0.25) is 33.8 Å². The van der Waals surface area contributed by atoms with Crippen molar-refractivity contribution >= 4 is 59.0 Å². The summed E-state index contributed by atoms with van der Waals surface area (Å²) in [5.74, 6) is -5.78. The predicted molar refractivity (Wildman–Crippen MR) is 148 cm³/mol. The van der Waals surface area contributed by atoms with Gasteiger partial charge in [-0.25, -0.2) is 9.59 Å². The van der Waals surface area contributed by atoms with Crippen LogP contribution in [0.1, 0.15) is 25.5 Å². The maximum atomic E-state index is 13.8. The number of amides is 6. The number of nitrogen functional groups attached to an aromatic ring is 1. The number of imide groups is 1. The van der Waals surface area contributed by atoms with Gasteiger partial charge in [0.2, 0.25) is 5.91 Å². The molecule has 3 aliphatic rings. The van der Waals surface area contributed by atoms with Crippen molar-refractivity contribution in [1.82, 2.24) is 25.3 Å². The predicted octanol–water partition coefficient (Wildman–Crippen LogP) is -1.01. The maximum absolute atomic E-state index is 13.8. The van der Waals surface area contributed by atoms with Crippen molar-refractivity contribution < 1.29 is 48.1 Å². The number of benzene rings is 1. The summed E-state index contributed by atoms with van der Waals surface area (Å²) in [6.45, 7) is 2.80. The Morgan fingerprint density at radius 2 is 1.81 bits per heavy atom. The van der Waals surface area contributed by atoms with Crippen LogP contribution in [0.2, 0.25) is 0 Å². The summed E-state index contributed by atoms with van der Waals surface area (Å²) in [6, 6.07) is 3.36. The highest BCUT2D eigenvalue weighted by molar-refractivity contribution is 8.00. The number of aliphatic carboxylic acids is 1. The highest BCUT2D eigenvalue weighted by Crippen LogP contribution is 2.46. The molecule has 3 heterocycles. The molecule has 4 rings (SSSR count). The number of thioether (sulfide) groups is 1. The number of carbonyl (C=O) groups excluding carboxylic acids is 6. The number of methoxy groups -OCH3 is 1. The molecule has 6 amide bonds. The molecule has 1 aromatic rings. The molecule has 0 aromatic heterocycles. The highest BCUT2D eigenvalue weighted by Gasteiger charge is 2.67. The van der Waals surface area contributed by atoms with E-state index >= 15 is 0 Å². The van der Waals surface area contributed by atoms with Crippen LogP contribution in [0.15, 0.2) is 35.5 Å². The number of fused-ring (bicyclic) bond motifs is 1. The van der Waals surface area contributed by atoms with E-state index in [1.165, 1.54) is 29.2 Å². The third-order valence-electron chi connectivity index (χ3n) is 7.13. The number of hydrogen-bond acceptors (Lipinski definition) is 11. The minimum absolute atomic E-state index is 0.0440. The molecule has 0 aliphatic carbocycles. The van der Waals surface area contributed by atoms with Crippen molar-refractivity contribution in [3.8, 4) is 0 Å². The van der Waals surface area contributed by atoms with E-state index in [-0.39, 0.29) is 43.1 Å². The van der Waals surface area contributed by atoms with Crippen molar-refractivity contribution in [2.75, 3.05) is 44.8 Å². The average Bonchev–Trinajstić information content (AvgIpc) is 2.98. The first kappa shape index (κ1) is 31.3. The lowest BCUT2D eigenvalue weighted by molar-refractivity contribution is -0.193. The van der Waals surface area contributed by atoms with Gasteiger partial charge in [0.05, 0.1) is 0 Å². The summed E-state index contributed by atoms with van der Waals surface area (Å²) >= 11 is 1.07. The van der Waals surface area contributed by atoms with Gasteiger partial charge in [0.1, 0.15) is 23.7 Å². The zero-order chi connectivity index (χ0) is 31.6. The minimum atomic E-state index is -2.02. The molecule has 0 saturated carbocycles. The summed E-state index contributed by atoms with van der Waals surface area (Å²) in [7, 11) is 1.16. The molecule has 230 valence electrons. The van der Waals surface area contributed by atoms with Gasteiger partial charge in [-0.05, 0) is 24.6 Å². The fraction of sp³-hybridized carbons (Fsp3) is 0.423. The van der Waals surface area contributed by atoms with E-state index in [1.807, 2.05) is 0 Å². The number of ether oxygens (including phenoxy) is 2. The van der Waals surface area contributed by atoms with Gasteiger partial charge < -0.3 is 35.8 Å². The summed E-state index contributed by atoms with van der Waals surface area (Å²) in [4.78, 5) is 91.6. The number of β-lactam (4-membered cyclic amide) rings is 1. The summed E-state index contributed by atoms with van der Waals surface area (Å²) < 4.78 is 10.4. The number of rotatable bonds is 9. The molecule has 0 unspecified atom stereocenters. The second kappa shape index (κ2) is 12.3. The van der Waals surface area contributed by atoms with Crippen LogP contribution in [-0.4, -0.2) is 112 Å². The first-order valence-electron chi connectivity index (χ1n) is 13.0. The van der Waals surface area contributed by atoms with Crippen LogP contribution < -0.4 is 16.4 Å². The number of carbonyl (C=O) groups is 7. The van der Waals surface area contributed by atoms with Crippen molar-refractivity contribution in [3.63, 3.8) is 0 Å². The number of carboxylic acids is 1. The Bertz CT molecular complexity index is 1420. The zero-order valence-corrected chi connectivity index (χ0v) is 24.3. The van der Waals surface area contributed by atoms with Crippen LogP contribution in [0.4, 0.5) is 10.5 Å². The highest BCUT2D eigenvalue weighted by atomic mass is 32.2. The number of hydrogen-bond donors (Lipinski definition) is 4. The summed E-state index contributed by atoms with van der Waals surface area (Å²) in [6.07, 6.45) is 0. The number of anilines is 1. The molecule has 5 N–H and O–H groups in total. The molecular formula is C26H30N6O10S. The van der Waals surface area contributed by atoms with Gasteiger partial charge in [-0.15, -0.1) is 11.8 Å². The van der Waals surface area contributed by atoms with Crippen LogP contribution in [0.3, 0.4) is 0 Å². The molecule has 2 saturated heterocycles. The fourth-order valence-corrected chi connectivity index (χ4v) is 6.28. The van der Waals surface area contributed by atoms with E-state index < -0.39 is 64.4 Å². The largest absolute Gasteiger partial charge is 0.477 e. The normalized spacial score (nSPS) is 22.4. The number of carboxylic acid groups (broad SMARTS) is 1. The van der Waals surface area contributed by atoms with Crippen LogP contribution in [-0.2, 0) is 38.2 Å². The third kappa shape index (κ3) is 5.72.